The van der Waals surface area contributed by atoms with E-state index in [1.165, 1.54) is 18.4 Å². The molecule has 5 nitrogen and oxygen atoms in total. The lowest BCUT2D eigenvalue weighted by Gasteiger charge is -2.28. The number of nitrogens with one attached hydrogen (secondary N) is 1. The van der Waals surface area contributed by atoms with Crippen LogP contribution in [-0.4, -0.2) is 26.7 Å². The Bertz CT molecular complexity index is 547. The summed E-state index contributed by atoms with van der Waals surface area (Å²) in [6, 6.07) is 4.57. The minimum atomic E-state index is 0.215. The summed E-state index contributed by atoms with van der Waals surface area (Å²) in [4.78, 5) is 4.49. The Hall–Kier alpha value is -1.62. The van der Waals surface area contributed by atoms with Crippen LogP contribution in [0.1, 0.15) is 31.2 Å². The number of rotatable bonds is 2. The minimum Gasteiger partial charge on any atom is -0.349 e. The Kier molecular flexibility index (Phi) is 2.91. The standard InChI is InChI=1S/C13H19N5/c1-9-6-7-18-12(8-9)16-13(17-18)15-11-5-3-2-4-10(11)14/h6-8,10-11H,2-5,14H2,1H3,(H,15,17). The number of hydrogen-bond donors (Lipinski definition) is 2. The maximum Gasteiger partial charge on any atom is 0.243 e. The van der Waals surface area contributed by atoms with Crippen molar-refractivity contribution in [2.24, 2.45) is 5.73 Å². The van der Waals surface area contributed by atoms with Gasteiger partial charge in [-0.05, 0) is 37.5 Å². The quantitative estimate of drug-likeness (QED) is 0.845. The summed E-state index contributed by atoms with van der Waals surface area (Å²) in [7, 11) is 0. The highest BCUT2D eigenvalue weighted by Gasteiger charge is 2.22. The Morgan fingerprint density at radius 1 is 1.39 bits per heavy atom. The summed E-state index contributed by atoms with van der Waals surface area (Å²) in [5, 5.41) is 7.79. The normalized spacial score (nSPS) is 24.3. The molecule has 5 heteroatoms. The summed E-state index contributed by atoms with van der Waals surface area (Å²) < 4.78 is 1.80. The Balaban J connectivity index is 1.81. The van der Waals surface area contributed by atoms with E-state index in [1.807, 2.05) is 18.3 Å². The van der Waals surface area contributed by atoms with Crippen LogP contribution < -0.4 is 11.1 Å². The van der Waals surface area contributed by atoms with Crippen molar-refractivity contribution in [1.29, 1.82) is 0 Å². The molecule has 0 saturated heterocycles. The summed E-state index contributed by atoms with van der Waals surface area (Å²) in [6.45, 7) is 2.05. The molecule has 18 heavy (non-hydrogen) atoms. The molecule has 2 heterocycles. The van der Waals surface area contributed by atoms with Crippen molar-refractivity contribution >= 4 is 11.6 Å². The van der Waals surface area contributed by atoms with E-state index >= 15 is 0 Å². The van der Waals surface area contributed by atoms with E-state index in [1.54, 1.807) is 4.52 Å². The van der Waals surface area contributed by atoms with Crippen LogP contribution in [0.5, 0.6) is 0 Å². The molecule has 96 valence electrons. The zero-order valence-electron chi connectivity index (χ0n) is 10.6. The van der Waals surface area contributed by atoms with Gasteiger partial charge in [0.15, 0.2) is 5.65 Å². The van der Waals surface area contributed by atoms with Gasteiger partial charge in [-0.15, -0.1) is 5.10 Å². The number of aryl methyl sites for hydroxylation is 1. The van der Waals surface area contributed by atoms with Crippen molar-refractivity contribution in [2.75, 3.05) is 5.32 Å². The van der Waals surface area contributed by atoms with Gasteiger partial charge < -0.3 is 11.1 Å². The van der Waals surface area contributed by atoms with Crippen LogP contribution in [0.4, 0.5) is 5.95 Å². The van der Waals surface area contributed by atoms with Gasteiger partial charge in [0.25, 0.3) is 0 Å². The van der Waals surface area contributed by atoms with Gasteiger partial charge in [-0.25, -0.2) is 4.52 Å². The molecule has 2 atom stereocenters. The predicted molar refractivity (Wildman–Crippen MR) is 71.6 cm³/mol. The second-order valence-electron chi connectivity index (χ2n) is 5.14. The molecule has 2 aromatic rings. The monoisotopic (exact) mass is 245 g/mol. The average molecular weight is 245 g/mol. The third kappa shape index (κ3) is 2.18. The molecule has 2 aromatic heterocycles. The first kappa shape index (κ1) is 11.5. The van der Waals surface area contributed by atoms with E-state index < -0.39 is 0 Å². The lowest BCUT2D eigenvalue weighted by Crippen LogP contribution is -2.42. The highest BCUT2D eigenvalue weighted by atomic mass is 15.3. The number of pyridine rings is 1. The van der Waals surface area contributed by atoms with Crippen molar-refractivity contribution in [3.63, 3.8) is 0 Å². The summed E-state index contributed by atoms with van der Waals surface area (Å²) in [6.07, 6.45) is 6.60. The largest absolute Gasteiger partial charge is 0.349 e. The highest BCUT2D eigenvalue weighted by Crippen LogP contribution is 2.20. The second kappa shape index (κ2) is 4.57. The van der Waals surface area contributed by atoms with Gasteiger partial charge in [0.2, 0.25) is 5.95 Å². The van der Waals surface area contributed by atoms with Crippen molar-refractivity contribution in [2.45, 2.75) is 44.7 Å². The molecular formula is C13H19N5. The molecular weight excluding hydrogens is 226 g/mol. The van der Waals surface area contributed by atoms with Crippen LogP contribution in [0.3, 0.4) is 0 Å². The molecule has 0 bridgehead atoms. The van der Waals surface area contributed by atoms with Gasteiger partial charge in [0, 0.05) is 18.3 Å². The van der Waals surface area contributed by atoms with Crippen molar-refractivity contribution in [1.82, 2.24) is 14.6 Å². The maximum atomic E-state index is 6.12. The van der Waals surface area contributed by atoms with Gasteiger partial charge in [-0.2, -0.15) is 4.98 Å². The number of nitrogens with zero attached hydrogens (tertiary/aromatic N) is 3. The fraction of sp³-hybridized carbons (Fsp3) is 0.538. The molecule has 1 aliphatic rings. The molecule has 0 radical (unpaired) electrons. The Labute approximate surface area is 106 Å². The molecule has 3 N–H and O–H groups in total. The average Bonchev–Trinajstić information content (AvgIpc) is 2.73. The van der Waals surface area contributed by atoms with E-state index in [2.05, 4.69) is 22.3 Å². The molecule has 0 aliphatic heterocycles. The first-order valence-electron chi connectivity index (χ1n) is 6.57. The topological polar surface area (TPSA) is 68.2 Å². The number of hydrogen-bond acceptors (Lipinski definition) is 4. The SMILES string of the molecule is Cc1ccn2nc(NC3CCCCC3N)nc2c1. The van der Waals surface area contributed by atoms with E-state index in [0.717, 1.165) is 18.5 Å². The van der Waals surface area contributed by atoms with Crippen LogP contribution in [-0.2, 0) is 0 Å². The Morgan fingerprint density at radius 2 is 2.22 bits per heavy atom. The second-order valence-corrected chi connectivity index (χ2v) is 5.14. The minimum absolute atomic E-state index is 0.215. The van der Waals surface area contributed by atoms with Crippen molar-refractivity contribution in [3.05, 3.63) is 23.9 Å². The summed E-state index contributed by atoms with van der Waals surface area (Å²) >= 11 is 0. The van der Waals surface area contributed by atoms with Gasteiger partial charge in [-0.1, -0.05) is 12.8 Å². The van der Waals surface area contributed by atoms with Gasteiger partial charge in [-0.3, -0.25) is 0 Å². The van der Waals surface area contributed by atoms with Crippen LogP contribution in [0.15, 0.2) is 18.3 Å². The van der Waals surface area contributed by atoms with Gasteiger partial charge in [0.1, 0.15) is 0 Å². The third-order valence-corrected chi connectivity index (χ3v) is 3.63. The van der Waals surface area contributed by atoms with Crippen LogP contribution in [0, 0.1) is 6.92 Å². The highest BCUT2D eigenvalue weighted by molar-refractivity contribution is 5.45. The van der Waals surface area contributed by atoms with E-state index in [0.29, 0.717) is 12.0 Å². The first-order chi connectivity index (χ1) is 8.72. The maximum absolute atomic E-state index is 6.12. The zero-order chi connectivity index (χ0) is 12.5. The van der Waals surface area contributed by atoms with Gasteiger partial charge >= 0.3 is 0 Å². The van der Waals surface area contributed by atoms with Crippen molar-refractivity contribution in [3.8, 4) is 0 Å². The summed E-state index contributed by atoms with van der Waals surface area (Å²) in [5.41, 5.74) is 8.19. The van der Waals surface area contributed by atoms with E-state index in [-0.39, 0.29) is 6.04 Å². The molecule has 2 unspecified atom stereocenters. The van der Waals surface area contributed by atoms with Gasteiger partial charge in [0.05, 0.1) is 0 Å². The molecule has 1 aliphatic carbocycles. The smallest absolute Gasteiger partial charge is 0.243 e. The lowest BCUT2D eigenvalue weighted by molar-refractivity contribution is 0.402. The number of nitrogens with two attached hydrogens (primary N) is 1. The van der Waals surface area contributed by atoms with E-state index in [4.69, 9.17) is 5.73 Å². The molecule has 0 aromatic carbocycles. The molecule has 1 fully saturated rings. The fourth-order valence-corrected chi connectivity index (χ4v) is 2.55. The van der Waals surface area contributed by atoms with Crippen LogP contribution in [0.2, 0.25) is 0 Å². The zero-order valence-corrected chi connectivity index (χ0v) is 10.6. The first-order valence-corrected chi connectivity index (χ1v) is 6.57. The van der Waals surface area contributed by atoms with Crippen LogP contribution >= 0.6 is 0 Å². The fourth-order valence-electron chi connectivity index (χ4n) is 2.55. The van der Waals surface area contributed by atoms with Crippen molar-refractivity contribution < 1.29 is 0 Å². The molecule has 0 spiro atoms. The number of aromatic nitrogens is 3. The van der Waals surface area contributed by atoms with Crippen LogP contribution in [0.25, 0.3) is 5.65 Å². The molecule has 3 rings (SSSR count). The third-order valence-electron chi connectivity index (χ3n) is 3.63. The Morgan fingerprint density at radius 3 is 3.06 bits per heavy atom. The number of fused-ring (bicyclic) bond motifs is 1. The predicted octanol–water partition coefficient (Wildman–Crippen LogP) is 1.72. The van der Waals surface area contributed by atoms with E-state index in [9.17, 15) is 0 Å². The number of anilines is 1. The lowest BCUT2D eigenvalue weighted by atomic mass is 9.91. The summed E-state index contributed by atoms with van der Waals surface area (Å²) in [5.74, 6) is 0.683. The molecule has 1 saturated carbocycles. The molecule has 0 amide bonds.